The van der Waals surface area contributed by atoms with Crippen molar-refractivity contribution in [3.63, 3.8) is 0 Å². The van der Waals surface area contributed by atoms with Crippen molar-refractivity contribution in [2.45, 2.75) is 117 Å². The Morgan fingerprint density at radius 2 is 1.59 bits per heavy atom. The minimum Gasteiger partial charge on any atom is -0.455 e. The molecule has 4 nitrogen and oxygen atoms in total. The molecule has 188 valence electrons. The Morgan fingerprint density at radius 3 is 2.26 bits per heavy atom. The molecule has 9 unspecified atom stereocenters. The maximum Gasteiger partial charge on any atom is 0.317 e. The van der Waals surface area contributed by atoms with Gasteiger partial charge in [0, 0.05) is 0 Å². The van der Waals surface area contributed by atoms with E-state index in [1.165, 1.54) is 5.57 Å². The molecule has 0 amide bonds. The van der Waals surface area contributed by atoms with Crippen LogP contribution in [0.4, 0.5) is 0 Å². The summed E-state index contributed by atoms with van der Waals surface area (Å²) in [7, 11) is 0. The fraction of sp³-hybridized carbons (Fsp3) is 0.833. The number of esters is 1. The quantitative estimate of drug-likeness (QED) is 0.446. The second-order valence-corrected chi connectivity index (χ2v) is 14.6. The molecule has 2 heterocycles. The summed E-state index contributed by atoms with van der Waals surface area (Å²) in [6.07, 6.45) is 11.9. The number of hydrogen-bond acceptors (Lipinski definition) is 4. The monoisotopic (exact) mass is 468 g/mol. The fourth-order valence-corrected chi connectivity index (χ4v) is 10.5. The number of fused-ring (bicyclic) bond motifs is 7. The third kappa shape index (κ3) is 2.24. The van der Waals surface area contributed by atoms with E-state index < -0.39 is 16.6 Å². The van der Waals surface area contributed by atoms with Crippen molar-refractivity contribution >= 4 is 5.97 Å². The molecule has 4 heteroatoms. The average Bonchev–Trinajstić information content (AvgIpc) is 2.74. The van der Waals surface area contributed by atoms with Gasteiger partial charge in [-0.05, 0) is 110 Å². The van der Waals surface area contributed by atoms with E-state index in [1.807, 2.05) is 13.8 Å². The SMILES string of the molecule is CC1(C)C(O)CCC2(C)C1CCC1(C)C2C=CC2=C3C4(CCC(C)(OC4=O)C3(C)O)CCC21C. The summed E-state index contributed by atoms with van der Waals surface area (Å²) in [5.41, 5.74) is -0.466. The van der Waals surface area contributed by atoms with Gasteiger partial charge in [0.05, 0.1) is 11.5 Å². The van der Waals surface area contributed by atoms with E-state index in [4.69, 9.17) is 4.74 Å². The maximum atomic E-state index is 13.4. The first-order valence-corrected chi connectivity index (χ1v) is 13.7. The lowest BCUT2D eigenvalue weighted by atomic mass is 9.35. The number of aliphatic hydroxyl groups excluding tert-OH is 1. The van der Waals surface area contributed by atoms with Gasteiger partial charge in [-0.2, -0.15) is 0 Å². The molecule has 0 aromatic carbocycles. The highest BCUT2D eigenvalue weighted by molar-refractivity contribution is 5.86. The predicted octanol–water partition coefficient (Wildman–Crippen LogP) is 5.72. The zero-order valence-electron chi connectivity index (χ0n) is 22.3. The standard InChI is InChI=1S/C30H44O4/c1-24(2)19-10-13-27(5)20(25(19,3)12-11-21(24)31)9-8-18-22-29(7,33)28(6)15-17-30(22,23(32)34-28)16-14-26(18,27)4/h8-9,19-21,31,33H,10-17H2,1-7H3. The molecule has 34 heavy (non-hydrogen) atoms. The number of rotatable bonds is 0. The van der Waals surface area contributed by atoms with Crippen LogP contribution in [-0.2, 0) is 9.53 Å². The van der Waals surface area contributed by atoms with E-state index in [0.717, 1.165) is 56.9 Å². The Bertz CT molecular complexity index is 1040. The summed E-state index contributed by atoms with van der Waals surface area (Å²) in [6.45, 7) is 15.8. The summed E-state index contributed by atoms with van der Waals surface area (Å²) >= 11 is 0. The second-order valence-electron chi connectivity index (χ2n) is 14.6. The third-order valence-corrected chi connectivity index (χ3v) is 13.2. The zero-order chi connectivity index (χ0) is 24.7. The minimum absolute atomic E-state index is 0.0485. The zero-order valence-corrected chi connectivity index (χ0v) is 22.3. The highest BCUT2D eigenvalue weighted by Gasteiger charge is 2.73. The van der Waals surface area contributed by atoms with Crippen LogP contribution in [0.25, 0.3) is 0 Å². The summed E-state index contributed by atoms with van der Waals surface area (Å²) in [5.74, 6) is 0.792. The fourth-order valence-electron chi connectivity index (χ4n) is 10.5. The smallest absolute Gasteiger partial charge is 0.317 e. The van der Waals surface area contributed by atoms with E-state index in [1.54, 1.807) is 0 Å². The molecule has 0 aromatic rings. The number of carbonyl (C=O) groups excluding carboxylic acids is 1. The number of carbonyl (C=O) groups is 1. The molecular formula is C30H44O4. The van der Waals surface area contributed by atoms with Crippen molar-refractivity contribution in [2.75, 3.05) is 0 Å². The van der Waals surface area contributed by atoms with E-state index in [-0.39, 0.29) is 33.7 Å². The third-order valence-electron chi connectivity index (χ3n) is 13.2. The van der Waals surface area contributed by atoms with E-state index in [9.17, 15) is 15.0 Å². The topological polar surface area (TPSA) is 66.8 Å². The summed E-state index contributed by atoms with van der Waals surface area (Å²) < 4.78 is 5.94. The lowest BCUT2D eigenvalue weighted by Gasteiger charge is -2.70. The van der Waals surface area contributed by atoms with Gasteiger partial charge in [-0.15, -0.1) is 0 Å². The van der Waals surface area contributed by atoms with Gasteiger partial charge < -0.3 is 14.9 Å². The summed E-state index contributed by atoms with van der Waals surface area (Å²) in [6, 6.07) is 0. The molecular weight excluding hydrogens is 424 g/mol. The Kier molecular flexibility index (Phi) is 4.26. The molecule has 7 rings (SSSR count). The van der Waals surface area contributed by atoms with E-state index in [0.29, 0.717) is 11.8 Å². The van der Waals surface area contributed by atoms with Crippen LogP contribution in [0.3, 0.4) is 0 Å². The van der Waals surface area contributed by atoms with Crippen molar-refractivity contribution in [1.29, 1.82) is 0 Å². The molecule has 0 radical (unpaired) electrons. The second kappa shape index (κ2) is 6.22. The highest BCUT2D eigenvalue weighted by Crippen LogP contribution is 2.75. The van der Waals surface area contributed by atoms with Crippen LogP contribution in [0.1, 0.15) is 99.8 Å². The van der Waals surface area contributed by atoms with Gasteiger partial charge >= 0.3 is 5.97 Å². The number of aliphatic hydroxyl groups is 2. The van der Waals surface area contributed by atoms with Crippen molar-refractivity contribution < 1.29 is 19.7 Å². The van der Waals surface area contributed by atoms with Crippen LogP contribution in [0.2, 0.25) is 0 Å². The molecule has 2 saturated heterocycles. The molecule has 3 saturated carbocycles. The highest BCUT2D eigenvalue weighted by atomic mass is 16.6. The predicted molar refractivity (Wildman–Crippen MR) is 132 cm³/mol. The minimum atomic E-state index is -1.15. The van der Waals surface area contributed by atoms with Gasteiger partial charge in [-0.1, -0.05) is 46.8 Å². The number of ether oxygens (including phenoxy) is 1. The Morgan fingerprint density at radius 1 is 0.912 bits per heavy atom. The lowest BCUT2D eigenvalue weighted by Crippen LogP contribution is -2.71. The van der Waals surface area contributed by atoms with Gasteiger partial charge in [0.1, 0.15) is 11.2 Å². The molecule has 7 aliphatic rings. The van der Waals surface area contributed by atoms with Crippen LogP contribution in [0.5, 0.6) is 0 Å². The van der Waals surface area contributed by atoms with Crippen molar-refractivity contribution in [3.05, 3.63) is 23.3 Å². The van der Waals surface area contributed by atoms with Crippen LogP contribution < -0.4 is 0 Å². The molecule has 2 aliphatic heterocycles. The molecule has 1 spiro atoms. The normalized spacial score (nSPS) is 57.3. The first kappa shape index (κ1) is 23.3. The van der Waals surface area contributed by atoms with Crippen LogP contribution in [0, 0.1) is 38.9 Å². The molecule has 9 atom stereocenters. The van der Waals surface area contributed by atoms with Gasteiger partial charge in [0.2, 0.25) is 0 Å². The molecule has 5 aliphatic carbocycles. The number of allylic oxidation sites excluding steroid dienone is 3. The average molecular weight is 469 g/mol. The Balaban J connectivity index is 1.56. The summed E-state index contributed by atoms with van der Waals surface area (Å²) in [5, 5.41) is 22.9. The van der Waals surface area contributed by atoms with Crippen LogP contribution in [0.15, 0.2) is 23.3 Å². The van der Waals surface area contributed by atoms with Crippen molar-refractivity contribution in [2.24, 2.45) is 38.9 Å². The Labute approximate surface area is 205 Å². The van der Waals surface area contributed by atoms with Crippen LogP contribution in [-0.4, -0.2) is 33.5 Å². The largest absolute Gasteiger partial charge is 0.455 e. The van der Waals surface area contributed by atoms with Gasteiger partial charge in [0.15, 0.2) is 0 Å². The molecule has 2 N–H and O–H groups in total. The van der Waals surface area contributed by atoms with Gasteiger partial charge in [0.25, 0.3) is 0 Å². The Hall–Kier alpha value is -1.13. The maximum absolute atomic E-state index is 13.4. The van der Waals surface area contributed by atoms with Crippen molar-refractivity contribution in [1.82, 2.24) is 0 Å². The van der Waals surface area contributed by atoms with E-state index in [2.05, 4.69) is 46.8 Å². The first-order chi connectivity index (χ1) is 15.6. The first-order valence-electron chi connectivity index (χ1n) is 13.7. The van der Waals surface area contributed by atoms with E-state index >= 15 is 0 Å². The molecule has 2 bridgehead atoms. The molecule has 0 aromatic heterocycles. The van der Waals surface area contributed by atoms with Gasteiger partial charge in [-0.3, -0.25) is 4.79 Å². The molecule has 5 fully saturated rings. The summed E-state index contributed by atoms with van der Waals surface area (Å²) in [4.78, 5) is 13.4. The number of hydrogen-bond donors (Lipinski definition) is 2. The lowest BCUT2D eigenvalue weighted by molar-refractivity contribution is -0.238. The van der Waals surface area contributed by atoms with Gasteiger partial charge in [-0.25, -0.2) is 0 Å². The van der Waals surface area contributed by atoms with Crippen molar-refractivity contribution in [3.8, 4) is 0 Å². The van der Waals surface area contributed by atoms with Crippen LogP contribution >= 0.6 is 0 Å².